The third kappa shape index (κ3) is 7.18. The molecule has 4 heterocycles. The maximum Gasteiger partial charge on any atom is 0.276 e. The van der Waals surface area contributed by atoms with Gasteiger partial charge in [-0.1, -0.05) is 6.07 Å². The zero-order chi connectivity index (χ0) is 36.4. The number of rotatable bonds is 14. The molecule has 15 nitrogen and oxygen atoms in total. The van der Waals surface area contributed by atoms with Crippen molar-refractivity contribution in [2.45, 2.75) is 86.7 Å². The lowest BCUT2D eigenvalue weighted by atomic mass is 10.2. The number of fused-ring (bicyclic) bond motifs is 2. The van der Waals surface area contributed by atoms with Crippen LogP contribution in [0.4, 0.5) is 11.9 Å². The highest BCUT2D eigenvalue weighted by Crippen LogP contribution is 2.30. The van der Waals surface area contributed by atoms with Crippen LogP contribution in [-0.4, -0.2) is 62.5 Å². The number of nitrogens with one attached hydrogen (secondary N) is 2. The van der Waals surface area contributed by atoms with E-state index < -0.39 is 5.91 Å². The van der Waals surface area contributed by atoms with Gasteiger partial charge in [-0.05, 0) is 96.8 Å². The first kappa shape index (κ1) is 34.9. The second kappa shape index (κ2) is 14.5. The van der Waals surface area contributed by atoms with E-state index in [9.17, 15) is 14.4 Å². The van der Waals surface area contributed by atoms with Crippen molar-refractivity contribution < 1.29 is 19.1 Å². The fourth-order valence-electron chi connectivity index (χ4n) is 6.21. The Hall–Kier alpha value is -5.99. The largest absolute Gasteiger partial charge is 0.489 e. The summed E-state index contributed by atoms with van der Waals surface area (Å²) in [5.74, 6) is 0.169. The van der Waals surface area contributed by atoms with Crippen molar-refractivity contribution in [2.75, 3.05) is 10.6 Å². The Balaban J connectivity index is 1.28. The Morgan fingerprint density at radius 1 is 0.784 bits per heavy atom. The summed E-state index contributed by atoms with van der Waals surface area (Å²) >= 11 is 0. The monoisotopic (exact) mass is 693 g/mol. The number of anilines is 2. The van der Waals surface area contributed by atoms with Crippen LogP contribution in [0.5, 0.6) is 5.75 Å². The van der Waals surface area contributed by atoms with Crippen LogP contribution in [0.2, 0.25) is 0 Å². The summed E-state index contributed by atoms with van der Waals surface area (Å²) in [4.78, 5) is 48.4. The number of benzene rings is 2. The van der Waals surface area contributed by atoms with E-state index in [1.165, 1.54) is 0 Å². The van der Waals surface area contributed by atoms with Crippen molar-refractivity contribution in [1.82, 2.24) is 38.7 Å². The summed E-state index contributed by atoms with van der Waals surface area (Å²) in [6, 6.07) is 14.3. The molecule has 2 aromatic carbocycles. The number of hydrogen-bond acceptors (Lipinski definition) is 8. The van der Waals surface area contributed by atoms with E-state index in [0.717, 1.165) is 22.4 Å². The Morgan fingerprint density at radius 2 is 1.35 bits per heavy atom. The molecule has 0 saturated carbocycles. The number of amides is 3. The number of primary amides is 1. The SMILES string of the molecule is CCn1nc(C)cc1C(=O)Nc1nc2cc(C(N)=O)ccc2n1CCCCn1c(NC(=O)c2cc(C)nn2CC)nc2c(OC(C)C)cccc21. The Kier molecular flexibility index (Phi) is 9.89. The molecule has 4 N–H and O–H groups in total. The van der Waals surface area contributed by atoms with E-state index in [2.05, 4.69) is 25.8 Å². The van der Waals surface area contributed by atoms with E-state index >= 15 is 0 Å². The summed E-state index contributed by atoms with van der Waals surface area (Å²) in [6.07, 6.45) is 1.30. The minimum atomic E-state index is -0.564. The molecule has 0 aliphatic heterocycles. The van der Waals surface area contributed by atoms with Crippen LogP contribution >= 0.6 is 0 Å². The highest BCUT2D eigenvalue weighted by Gasteiger charge is 2.22. The number of nitrogens with two attached hydrogens (primary N) is 1. The van der Waals surface area contributed by atoms with Crippen molar-refractivity contribution in [3.05, 3.63) is 76.9 Å². The highest BCUT2D eigenvalue weighted by molar-refractivity contribution is 6.04. The van der Waals surface area contributed by atoms with E-state index in [4.69, 9.17) is 15.5 Å². The molecule has 0 aliphatic carbocycles. The van der Waals surface area contributed by atoms with Gasteiger partial charge in [-0.15, -0.1) is 0 Å². The average Bonchev–Trinajstić information content (AvgIpc) is 3.85. The third-order valence-corrected chi connectivity index (χ3v) is 8.47. The van der Waals surface area contributed by atoms with Crippen molar-refractivity contribution in [2.24, 2.45) is 5.73 Å². The summed E-state index contributed by atoms with van der Waals surface area (Å²) in [5.41, 5.74) is 11.0. The summed E-state index contributed by atoms with van der Waals surface area (Å²) < 4.78 is 13.3. The van der Waals surface area contributed by atoms with Gasteiger partial charge < -0.3 is 19.6 Å². The molecular formula is C36H43N11O4. The lowest BCUT2D eigenvalue weighted by Gasteiger charge is -2.13. The Bertz CT molecular complexity index is 2260. The fraction of sp³-hybridized carbons (Fsp3) is 0.361. The molecule has 0 unspecified atom stereocenters. The Labute approximate surface area is 294 Å². The zero-order valence-corrected chi connectivity index (χ0v) is 29.7. The fourth-order valence-corrected chi connectivity index (χ4v) is 6.21. The first-order chi connectivity index (χ1) is 24.5. The molecule has 51 heavy (non-hydrogen) atoms. The van der Waals surface area contributed by atoms with Crippen molar-refractivity contribution >= 4 is 51.7 Å². The van der Waals surface area contributed by atoms with Crippen molar-refractivity contribution in [3.8, 4) is 5.75 Å². The van der Waals surface area contributed by atoms with E-state index in [1.54, 1.807) is 39.7 Å². The number of aromatic nitrogens is 8. The first-order valence-corrected chi connectivity index (χ1v) is 17.1. The quantitative estimate of drug-likeness (QED) is 0.128. The topological polar surface area (TPSA) is 182 Å². The van der Waals surface area contributed by atoms with Gasteiger partial charge in [0.15, 0.2) is 0 Å². The molecule has 3 amide bonds. The Morgan fingerprint density at radius 3 is 1.90 bits per heavy atom. The molecule has 0 atom stereocenters. The number of ether oxygens (including phenoxy) is 1. The van der Waals surface area contributed by atoms with Gasteiger partial charge in [-0.3, -0.25) is 34.4 Å². The lowest BCUT2D eigenvalue weighted by molar-refractivity contribution is 0.0995. The number of hydrogen-bond donors (Lipinski definition) is 3. The molecule has 6 aromatic rings. The molecule has 15 heteroatoms. The van der Waals surface area contributed by atoms with Gasteiger partial charge in [-0.25, -0.2) is 9.97 Å². The summed E-state index contributed by atoms with van der Waals surface area (Å²) in [5, 5.41) is 14.8. The lowest BCUT2D eigenvalue weighted by Crippen LogP contribution is -2.20. The number of aryl methyl sites for hydroxylation is 6. The molecule has 0 bridgehead atoms. The van der Waals surface area contributed by atoms with Gasteiger partial charge >= 0.3 is 0 Å². The standard InChI is InChI=1S/C36H43N11O4/c1-7-46-28(18-22(5)42-46)33(49)40-35-38-25-20-24(32(37)48)14-15-26(25)44(35)16-9-10-17-45-27-12-11-13-30(51-21(3)4)31(27)39-36(45)41-34(50)29-19-23(6)43-47(29)8-2/h11-15,18-21H,7-10,16-17H2,1-6H3,(H2,37,48)(H,38,40,49)(H,39,41,50). The van der Waals surface area contributed by atoms with Crippen LogP contribution in [0.1, 0.15) is 83.3 Å². The number of para-hydroxylation sites is 1. The summed E-state index contributed by atoms with van der Waals surface area (Å²) in [6.45, 7) is 13.6. The number of carbonyl (C=O) groups is 3. The van der Waals surface area contributed by atoms with Crippen LogP contribution in [0, 0.1) is 13.8 Å². The van der Waals surface area contributed by atoms with Crippen LogP contribution in [0.25, 0.3) is 22.1 Å². The van der Waals surface area contributed by atoms with Gasteiger partial charge in [0.2, 0.25) is 17.8 Å². The minimum absolute atomic E-state index is 0.0639. The molecule has 0 aliphatic rings. The van der Waals surface area contributed by atoms with Gasteiger partial charge in [0.25, 0.3) is 11.8 Å². The molecule has 0 spiro atoms. The normalized spacial score (nSPS) is 11.5. The molecule has 6 rings (SSSR count). The second-order valence-corrected chi connectivity index (χ2v) is 12.6. The maximum atomic E-state index is 13.5. The molecule has 0 saturated heterocycles. The third-order valence-electron chi connectivity index (χ3n) is 8.47. The van der Waals surface area contributed by atoms with Gasteiger partial charge in [0.1, 0.15) is 22.7 Å². The summed E-state index contributed by atoms with van der Waals surface area (Å²) in [7, 11) is 0. The molecular weight excluding hydrogens is 650 g/mol. The van der Waals surface area contributed by atoms with E-state index in [1.807, 2.05) is 68.9 Å². The van der Waals surface area contributed by atoms with Crippen molar-refractivity contribution in [3.63, 3.8) is 0 Å². The van der Waals surface area contributed by atoms with E-state index in [0.29, 0.717) is 84.7 Å². The number of unbranched alkanes of at least 4 members (excludes halogenated alkanes) is 1. The predicted molar refractivity (Wildman–Crippen MR) is 194 cm³/mol. The van der Waals surface area contributed by atoms with Crippen LogP contribution in [0.3, 0.4) is 0 Å². The van der Waals surface area contributed by atoms with Gasteiger partial charge in [0, 0.05) is 31.7 Å². The van der Waals surface area contributed by atoms with Crippen LogP contribution in [0.15, 0.2) is 48.5 Å². The maximum absolute atomic E-state index is 13.5. The number of carbonyl (C=O) groups excluding carboxylic acids is 3. The van der Waals surface area contributed by atoms with Gasteiger partial charge in [0.05, 0.1) is 34.0 Å². The molecule has 0 fully saturated rings. The molecule has 266 valence electrons. The van der Waals surface area contributed by atoms with Crippen molar-refractivity contribution in [1.29, 1.82) is 0 Å². The number of imidazole rings is 2. The first-order valence-electron chi connectivity index (χ1n) is 17.1. The van der Waals surface area contributed by atoms with Crippen LogP contribution in [-0.2, 0) is 26.2 Å². The zero-order valence-electron chi connectivity index (χ0n) is 29.7. The highest BCUT2D eigenvalue weighted by atomic mass is 16.5. The number of nitrogens with zero attached hydrogens (tertiary/aromatic N) is 8. The molecule has 4 aromatic heterocycles. The second-order valence-electron chi connectivity index (χ2n) is 12.6. The van der Waals surface area contributed by atoms with Crippen LogP contribution < -0.4 is 21.1 Å². The predicted octanol–water partition coefficient (Wildman–Crippen LogP) is 5.31. The minimum Gasteiger partial charge on any atom is -0.489 e. The van der Waals surface area contributed by atoms with Gasteiger partial charge in [-0.2, -0.15) is 10.2 Å². The molecule has 0 radical (unpaired) electrons. The average molecular weight is 694 g/mol. The van der Waals surface area contributed by atoms with E-state index in [-0.39, 0.29) is 17.9 Å². The smallest absolute Gasteiger partial charge is 0.276 e.